The Balaban J connectivity index is 1.99. The van der Waals surface area contributed by atoms with Crippen molar-refractivity contribution in [3.63, 3.8) is 0 Å². The lowest BCUT2D eigenvalue weighted by Gasteiger charge is -2.18. The zero-order valence-electron chi connectivity index (χ0n) is 10.8. The molecule has 1 aromatic heterocycles. The predicted octanol–water partition coefficient (Wildman–Crippen LogP) is 2.32. The Kier molecular flexibility index (Phi) is 3.34. The van der Waals surface area contributed by atoms with Gasteiger partial charge in [0, 0.05) is 0 Å². The molecule has 2 N–H and O–H groups in total. The number of nitrogens with one attached hydrogen (secondary N) is 2. The van der Waals surface area contributed by atoms with Crippen molar-refractivity contribution in [1.29, 1.82) is 0 Å². The van der Waals surface area contributed by atoms with Crippen LogP contribution in [0.2, 0.25) is 0 Å². The summed E-state index contributed by atoms with van der Waals surface area (Å²) in [7, 11) is 0. The fourth-order valence-corrected chi connectivity index (χ4v) is 1.46. The molecule has 2 aromatic rings. The number of aromatic amines is 1. The smallest absolute Gasteiger partial charge is 0.252 e. The molecule has 0 aliphatic heterocycles. The van der Waals surface area contributed by atoms with E-state index in [1.54, 1.807) is 0 Å². The van der Waals surface area contributed by atoms with Crippen LogP contribution in [0.5, 0.6) is 0 Å². The number of fused-ring (bicyclic) bond motifs is 1. The third-order valence-corrected chi connectivity index (χ3v) is 2.28. The second-order valence-corrected chi connectivity index (χ2v) is 5.05. The molecule has 0 spiro atoms. The van der Waals surface area contributed by atoms with Crippen molar-refractivity contribution in [2.75, 3.05) is 11.9 Å². The van der Waals surface area contributed by atoms with Gasteiger partial charge in [-0.15, -0.1) is 0 Å². The molecule has 0 saturated heterocycles. The summed E-state index contributed by atoms with van der Waals surface area (Å²) < 4.78 is 5.38. The van der Waals surface area contributed by atoms with Crippen molar-refractivity contribution < 1.29 is 9.53 Å². The van der Waals surface area contributed by atoms with E-state index in [9.17, 15) is 4.79 Å². The van der Waals surface area contributed by atoms with E-state index in [0.717, 1.165) is 11.0 Å². The first-order chi connectivity index (χ1) is 8.44. The highest BCUT2D eigenvalue weighted by molar-refractivity contribution is 5.91. The molecular weight excluding hydrogens is 230 g/mol. The number of carbonyl (C=O) groups is 1. The summed E-state index contributed by atoms with van der Waals surface area (Å²) in [5, 5.41) is 2.67. The van der Waals surface area contributed by atoms with Crippen LogP contribution in [-0.2, 0) is 9.53 Å². The minimum atomic E-state index is -0.328. The lowest BCUT2D eigenvalue weighted by molar-refractivity contribution is -0.125. The quantitative estimate of drug-likeness (QED) is 0.874. The molecule has 0 aliphatic rings. The molecular formula is C13H17N3O2. The number of ether oxygens (including phenoxy) is 1. The maximum absolute atomic E-state index is 11.6. The monoisotopic (exact) mass is 247 g/mol. The highest BCUT2D eigenvalue weighted by atomic mass is 16.5. The van der Waals surface area contributed by atoms with Crippen LogP contribution >= 0.6 is 0 Å². The third kappa shape index (κ3) is 3.30. The van der Waals surface area contributed by atoms with E-state index >= 15 is 0 Å². The van der Waals surface area contributed by atoms with Gasteiger partial charge in [0.1, 0.15) is 6.61 Å². The normalized spacial score (nSPS) is 11.7. The van der Waals surface area contributed by atoms with Gasteiger partial charge in [-0.25, -0.2) is 4.98 Å². The standard InChI is InChI=1S/C13H17N3O2/c1-13(2,3)18-8-11(17)16-12-14-9-6-4-5-7-10(9)15-12/h4-7H,8H2,1-3H3,(H2,14,15,16,17). The van der Waals surface area contributed by atoms with Gasteiger partial charge in [0.25, 0.3) is 5.91 Å². The number of H-pyrrole nitrogens is 1. The van der Waals surface area contributed by atoms with E-state index < -0.39 is 0 Å². The second kappa shape index (κ2) is 4.78. The number of aromatic nitrogens is 2. The summed E-state index contributed by atoms with van der Waals surface area (Å²) in [6.07, 6.45) is 0. The lowest BCUT2D eigenvalue weighted by Crippen LogP contribution is -2.27. The number of hydrogen-bond donors (Lipinski definition) is 2. The van der Waals surface area contributed by atoms with Gasteiger partial charge in [-0.2, -0.15) is 0 Å². The van der Waals surface area contributed by atoms with Crippen molar-refractivity contribution in [2.24, 2.45) is 0 Å². The van der Waals surface area contributed by atoms with E-state index in [1.165, 1.54) is 0 Å². The summed E-state index contributed by atoms with van der Waals surface area (Å²) >= 11 is 0. The van der Waals surface area contributed by atoms with E-state index in [0.29, 0.717) is 5.95 Å². The van der Waals surface area contributed by atoms with Crippen molar-refractivity contribution in [3.05, 3.63) is 24.3 Å². The topological polar surface area (TPSA) is 67.0 Å². The molecule has 2 rings (SSSR count). The molecule has 0 atom stereocenters. The number of anilines is 1. The SMILES string of the molecule is CC(C)(C)OCC(=O)Nc1nc2ccccc2[nH]1. The van der Waals surface area contributed by atoms with E-state index in [2.05, 4.69) is 15.3 Å². The van der Waals surface area contributed by atoms with Gasteiger partial charge in [0.05, 0.1) is 16.6 Å². The van der Waals surface area contributed by atoms with Crippen molar-refractivity contribution in [2.45, 2.75) is 26.4 Å². The summed E-state index contributed by atoms with van der Waals surface area (Å²) in [6, 6.07) is 7.60. The fourth-order valence-electron chi connectivity index (χ4n) is 1.46. The molecule has 1 amide bonds. The Morgan fingerprint density at radius 1 is 1.39 bits per heavy atom. The minimum Gasteiger partial charge on any atom is -0.366 e. The molecule has 5 heteroatoms. The molecule has 0 unspecified atom stereocenters. The number of benzene rings is 1. The lowest BCUT2D eigenvalue weighted by atomic mass is 10.2. The van der Waals surface area contributed by atoms with Gasteiger partial charge in [-0.3, -0.25) is 10.1 Å². The Morgan fingerprint density at radius 3 is 2.78 bits per heavy atom. The average Bonchev–Trinajstić information content (AvgIpc) is 2.67. The predicted molar refractivity (Wildman–Crippen MR) is 70.4 cm³/mol. The molecule has 5 nitrogen and oxygen atoms in total. The van der Waals surface area contributed by atoms with Gasteiger partial charge in [0.15, 0.2) is 0 Å². The number of hydrogen-bond acceptors (Lipinski definition) is 3. The van der Waals surface area contributed by atoms with Crippen LogP contribution in [-0.4, -0.2) is 28.1 Å². The fraction of sp³-hybridized carbons (Fsp3) is 0.385. The Bertz CT molecular complexity index is 522. The third-order valence-electron chi connectivity index (χ3n) is 2.28. The molecule has 18 heavy (non-hydrogen) atoms. The van der Waals surface area contributed by atoms with E-state index in [1.807, 2.05) is 45.0 Å². The highest BCUT2D eigenvalue weighted by Crippen LogP contribution is 2.13. The van der Waals surface area contributed by atoms with Crippen LogP contribution in [0, 0.1) is 0 Å². The molecule has 0 fully saturated rings. The molecule has 0 radical (unpaired) electrons. The second-order valence-electron chi connectivity index (χ2n) is 5.05. The Labute approximate surface area is 106 Å². The van der Waals surface area contributed by atoms with Gasteiger partial charge in [-0.1, -0.05) is 12.1 Å². The molecule has 0 aliphatic carbocycles. The number of nitrogens with zero attached hydrogens (tertiary/aromatic N) is 1. The van der Waals surface area contributed by atoms with E-state index in [4.69, 9.17) is 4.74 Å². The largest absolute Gasteiger partial charge is 0.366 e. The first-order valence-electron chi connectivity index (χ1n) is 5.83. The minimum absolute atomic E-state index is 0.0144. The van der Waals surface area contributed by atoms with Crippen LogP contribution in [0.1, 0.15) is 20.8 Å². The average molecular weight is 247 g/mol. The van der Waals surface area contributed by atoms with Crippen LogP contribution in [0.4, 0.5) is 5.95 Å². The van der Waals surface area contributed by atoms with Gasteiger partial charge < -0.3 is 9.72 Å². The first kappa shape index (κ1) is 12.6. The molecule has 1 aromatic carbocycles. The maximum Gasteiger partial charge on any atom is 0.252 e. The van der Waals surface area contributed by atoms with Crippen molar-refractivity contribution in [3.8, 4) is 0 Å². The van der Waals surface area contributed by atoms with Crippen LogP contribution in [0.25, 0.3) is 11.0 Å². The van der Waals surface area contributed by atoms with Gasteiger partial charge >= 0.3 is 0 Å². The number of rotatable bonds is 3. The molecule has 1 heterocycles. The molecule has 0 saturated carbocycles. The Hall–Kier alpha value is -1.88. The summed E-state index contributed by atoms with van der Waals surface area (Å²) in [6.45, 7) is 5.73. The zero-order chi connectivity index (χ0) is 13.2. The summed E-state index contributed by atoms with van der Waals surface area (Å²) in [4.78, 5) is 18.9. The van der Waals surface area contributed by atoms with Crippen LogP contribution < -0.4 is 5.32 Å². The molecule has 96 valence electrons. The Morgan fingerprint density at radius 2 is 2.11 bits per heavy atom. The highest BCUT2D eigenvalue weighted by Gasteiger charge is 2.13. The number of imidazole rings is 1. The zero-order valence-corrected chi connectivity index (χ0v) is 10.8. The first-order valence-corrected chi connectivity index (χ1v) is 5.83. The van der Waals surface area contributed by atoms with Crippen LogP contribution in [0.15, 0.2) is 24.3 Å². The summed E-state index contributed by atoms with van der Waals surface area (Å²) in [5.74, 6) is 0.225. The summed E-state index contributed by atoms with van der Waals surface area (Å²) in [5.41, 5.74) is 1.39. The molecule has 0 bridgehead atoms. The van der Waals surface area contributed by atoms with Crippen LogP contribution in [0.3, 0.4) is 0 Å². The van der Waals surface area contributed by atoms with Crippen molar-refractivity contribution in [1.82, 2.24) is 9.97 Å². The van der Waals surface area contributed by atoms with Gasteiger partial charge in [0.2, 0.25) is 5.95 Å². The number of amides is 1. The number of carbonyl (C=O) groups excluding carboxylic acids is 1. The van der Waals surface area contributed by atoms with Gasteiger partial charge in [-0.05, 0) is 32.9 Å². The maximum atomic E-state index is 11.6. The van der Waals surface area contributed by atoms with E-state index in [-0.39, 0.29) is 18.1 Å². The van der Waals surface area contributed by atoms with Crippen molar-refractivity contribution >= 4 is 22.9 Å². The number of para-hydroxylation sites is 2.